The van der Waals surface area contributed by atoms with Gasteiger partial charge in [0.15, 0.2) is 11.3 Å². The number of rotatable bonds is 2. The van der Waals surface area contributed by atoms with E-state index in [1.54, 1.807) is 31.2 Å². The van der Waals surface area contributed by atoms with Gasteiger partial charge in [-0.25, -0.2) is 4.79 Å². The van der Waals surface area contributed by atoms with E-state index in [0.29, 0.717) is 16.5 Å². The van der Waals surface area contributed by atoms with Crippen molar-refractivity contribution in [1.82, 2.24) is 0 Å². The van der Waals surface area contributed by atoms with Crippen LogP contribution in [-0.2, 0) is 14.3 Å². The van der Waals surface area contributed by atoms with Crippen molar-refractivity contribution in [1.29, 1.82) is 5.41 Å². The highest BCUT2D eigenvalue weighted by Gasteiger charge is 2.39. The van der Waals surface area contributed by atoms with Crippen molar-refractivity contribution in [2.75, 3.05) is 17.3 Å². The predicted molar refractivity (Wildman–Crippen MR) is 78.4 cm³/mol. The van der Waals surface area contributed by atoms with Crippen LogP contribution in [0, 0.1) is 5.41 Å². The molecule has 1 aromatic rings. The molecule has 3 rings (SSSR count). The molecule has 0 bridgehead atoms. The predicted octanol–water partition coefficient (Wildman–Crippen LogP) is 1.91. The van der Waals surface area contributed by atoms with Gasteiger partial charge in [0, 0.05) is 0 Å². The first-order valence-electron chi connectivity index (χ1n) is 6.36. The Morgan fingerprint density at radius 2 is 2.24 bits per heavy atom. The second-order valence-corrected chi connectivity index (χ2v) is 5.28. The van der Waals surface area contributed by atoms with Crippen molar-refractivity contribution in [2.24, 2.45) is 0 Å². The van der Waals surface area contributed by atoms with E-state index in [0.717, 1.165) is 0 Å². The number of nitrogens with zero attached hydrogens (tertiary/aromatic N) is 1. The van der Waals surface area contributed by atoms with Gasteiger partial charge in [-0.1, -0.05) is 23.9 Å². The number of para-hydroxylation sites is 2. The highest BCUT2D eigenvalue weighted by Crippen LogP contribution is 2.43. The van der Waals surface area contributed by atoms with E-state index in [9.17, 15) is 9.59 Å². The Balaban J connectivity index is 2.18. The zero-order chi connectivity index (χ0) is 15.0. The summed E-state index contributed by atoms with van der Waals surface area (Å²) in [5, 5.41) is 8.41. The van der Waals surface area contributed by atoms with Crippen LogP contribution >= 0.6 is 11.8 Å². The Morgan fingerprint density at radius 1 is 1.48 bits per heavy atom. The summed E-state index contributed by atoms with van der Waals surface area (Å²) in [6.45, 7) is 1.87. The van der Waals surface area contributed by atoms with E-state index >= 15 is 0 Å². The van der Waals surface area contributed by atoms with Crippen molar-refractivity contribution in [2.45, 2.75) is 6.92 Å². The molecule has 108 valence electrons. The minimum atomic E-state index is -0.655. The highest BCUT2D eigenvalue weighted by atomic mass is 32.2. The molecule has 7 heteroatoms. The average molecular weight is 304 g/mol. The molecule has 1 saturated heterocycles. The van der Waals surface area contributed by atoms with E-state index in [1.165, 1.54) is 16.7 Å². The van der Waals surface area contributed by atoms with Crippen LogP contribution in [0.5, 0.6) is 5.75 Å². The summed E-state index contributed by atoms with van der Waals surface area (Å²) in [4.78, 5) is 25.7. The third-order valence-electron chi connectivity index (χ3n) is 3.02. The average Bonchev–Trinajstić information content (AvgIpc) is 2.76. The van der Waals surface area contributed by atoms with Gasteiger partial charge < -0.3 is 9.47 Å². The lowest BCUT2D eigenvalue weighted by molar-refractivity contribution is -0.138. The molecule has 1 amide bonds. The van der Waals surface area contributed by atoms with Crippen molar-refractivity contribution in [3.05, 3.63) is 34.9 Å². The molecule has 0 radical (unpaired) electrons. The van der Waals surface area contributed by atoms with Gasteiger partial charge in [0.25, 0.3) is 0 Å². The van der Waals surface area contributed by atoms with Crippen LogP contribution in [0.25, 0.3) is 0 Å². The molecule has 0 aromatic heterocycles. The maximum Gasteiger partial charge on any atom is 0.346 e. The summed E-state index contributed by atoms with van der Waals surface area (Å²) >= 11 is 1.21. The summed E-state index contributed by atoms with van der Waals surface area (Å²) in [5.41, 5.74) is 0.524. The Hall–Kier alpha value is -2.28. The van der Waals surface area contributed by atoms with Crippen LogP contribution in [0.1, 0.15) is 6.92 Å². The first-order chi connectivity index (χ1) is 10.1. The molecule has 0 saturated carbocycles. The standard InChI is InChI=1S/C14H12N2O4S/c1-2-19-14(18)11-12(15)20-9-6-4-3-5-8(9)16-10(17)7-21-13(11)16/h3-6,15H,2,7H2,1H3. The van der Waals surface area contributed by atoms with Crippen molar-refractivity contribution in [3.63, 3.8) is 0 Å². The van der Waals surface area contributed by atoms with Gasteiger partial charge in [-0.3, -0.25) is 15.1 Å². The lowest BCUT2D eigenvalue weighted by atomic mass is 10.2. The summed E-state index contributed by atoms with van der Waals surface area (Å²) in [6, 6.07) is 6.90. The monoisotopic (exact) mass is 304 g/mol. The second kappa shape index (κ2) is 5.25. The van der Waals surface area contributed by atoms with Gasteiger partial charge in [-0.15, -0.1) is 0 Å². The number of thioether (sulfide) groups is 1. The Labute approximate surface area is 125 Å². The summed E-state index contributed by atoms with van der Waals surface area (Å²) < 4.78 is 10.4. The summed E-state index contributed by atoms with van der Waals surface area (Å²) in [5.74, 6) is -0.518. The number of hydrogen-bond acceptors (Lipinski definition) is 6. The van der Waals surface area contributed by atoms with E-state index in [1.807, 2.05) is 0 Å². The Morgan fingerprint density at radius 3 is 3.00 bits per heavy atom. The molecule has 0 aliphatic carbocycles. The van der Waals surface area contributed by atoms with Crippen molar-refractivity contribution in [3.8, 4) is 5.75 Å². The number of carbonyl (C=O) groups is 2. The maximum absolute atomic E-state index is 12.1. The number of carbonyl (C=O) groups excluding carboxylic acids is 2. The number of hydrogen-bond donors (Lipinski definition) is 1. The van der Waals surface area contributed by atoms with Gasteiger partial charge in [-0.2, -0.15) is 0 Å². The van der Waals surface area contributed by atoms with E-state index in [-0.39, 0.29) is 29.7 Å². The summed E-state index contributed by atoms with van der Waals surface area (Å²) in [6.07, 6.45) is 0. The first-order valence-corrected chi connectivity index (χ1v) is 7.35. The van der Waals surface area contributed by atoms with Crippen LogP contribution in [-0.4, -0.2) is 30.1 Å². The Bertz CT molecular complexity index is 683. The lowest BCUT2D eigenvalue weighted by Gasteiger charge is -2.17. The molecule has 21 heavy (non-hydrogen) atoms. The normalized spacial score (nSPS) is 17.1. The second-order valence-electron chi connectivity index (χ2n) is 4.32. The third kappa shape index (κ3) is 2.19. The van der Waals surface area contributed by atoms with E-state index in [2.05, 4.69) is 0 Å². The number of fused-ring (bicyclic) bond motifs is 3. The van der Waals surface area contributed by atoms with E-state index in [4.69, 9.17) is 14.9 Å². The maximum atomic E-state index is 12.1. The fourth-order valence-electron chi connectivity index (χ4n) is 2.17. The largest absolute Gasteiger partial charge is 0.462 e. The van der Waals surface area contributed by atoms with Crippen molar-refractivity contribution >= 4 is 35.2 Å². The van der Waals surface area contributed by atoms with Crippen LogP contribution in [0.15, 0.2) is 34.9 Å². The molecule has 2 heterocycles. The van der Waals surface area contributed by atoms with Crippen LogP contribution in [0.2, 0.25) is 0 Å². The number of anilines is 1. The minimum Gasteiger partial charge on any atom is -0.462 e. The SMILES string of the molecule is CCOC(=O)C1=C2SCC(=O)N2c2ccccc2OC1=N. The first kappa shape index (κ1) is 13.7. The molecule has 2 aliphatic heterocycles. The molecular weight excluding hydrogens is 292 g/mol. The van der Waals surface area contributed by atoms with Gasteiger partial charge in [0.05, 0.1) is 18.0 Å². The summed E-state index contributed by atoms with van der Waals surface area (Å²) in [7, 11) is 0. The van der Waals surface area contributed by atoms with Crippen molar-refractivity contribution < 1.29 is 19.1 Å². The van der Waals surface area contributed by atoms with Crippen LogP contribution in [0.3, 0.4) is 0 Å². The number of nitrogens with one attached hydrogen (secondary N) is 1. The molecule has 0 unspecified atom stereocenters. The lowest BCUT2D eigenvalue weighted by Crippen LogP contribution is -2.26. The molecular formula is C14H12N2O4S. The smallest absolute Gasteiger partial charge is 0.346 e. The highest BCUT2D eigenvalue weighted by molar-refractivity contribution is 8.04. The Kier molecular flexibility index (Phi) is 3.42. The number of benzene rings is 1. The third-order valence-corrected chi connectivity index (χ3v) is 4.07. The fourth-order valence-corrected chi connectivity index (χ4v) is 3.21. The van der Waals surface area contributed by atoms with Crippen LogP contribution < -0.4 is 9.64 Å². The number of amides is 1. The topological polar surface area (TPSA) is 79.7 Å². The molecule has 6 nitrogen and oxygen atoms in total. The number of esters is 1. The zero-order valence-electron chi connectivity index (χ0n) is 11.2. The number of ether oxygens (including phenoxy) is 2. The van der Waals surface area contributed by atoms with Gasteiger partial charge >= 0.3 is 5.97 Å². The van der Waals surface area contributed by atoms with Gasteiger partial charge in [0.1, 0.15) is 5.03 Å². The molecule has 0 spiro atoms. The van der Waals surface area contributed by atoms with E-state index < -0.39 is 5.97 Å². The molecule has 0 atom stereocenters. The van der Waals surface area contributed by atoms with Crippen LogP contribution in [0.4, 0.5) is 5.69 Å². The minimum absolute atomic E-state index is 0.0103. The van der Waals surface area contributed by atoms with Gasteiger partial charge in [0.2, 0.25) is 11.8 Å². The quantitative estimate of drug-likeness (QED) is 0.844. The molecule has 2 aliphatic rings. The molecule has 1 N–H and O–H groups in total. The zero-order valence-corrected chi connectivity index (χ0v) is 12.0. The molecule has 1 aromatic carbocycles. The van der Waals surface area contributed by atoms with Gasteiger partial charge in [-0.05, 0) is 19.1 Å². The fraction of sp³-hybridized carbons (Fsp3) is 0.214. The molecule has 1 fully saturated rings.